The van der Waals surface area contributed by atoms with Gasteiger partial charge in [0.15, 0.2) is 0 Å². The summed E-state index contributed by atoms with van der Waals surface area (Å²) in [5.41, 5.74) is 0. The molecule has 4 rings (SSSR count). The number of rotatable bonds is 7. The predicted octanol–water partition coefficient (Wildman–Crippen LogP) is 5.41. The van der Waals surface area contributed by atoms with Crippen LogP contribution in [0.4, 0.5) is 0 Å². The molecule has 144 valence electrons. The summed E-state index contributed by atoms with van der Waals surface area (Å²) < 4.78 is 0. The Kier molecular flexibility index (Phi) is 8.83. The van der Waals surface area contributed by atoms with Crippen LogP contribution in [0, 0.1) is 6.16 Å². The minimum atomic E-state index is -0.473. The average molecular weight is 581 g/mol. The standard InChI is InChI=1S/C26H23P2.W/c1-5-13-23(14-6-1)27(24-15-7-2-8-16-24)21-22-28(25-17-9-3-10-18-25)26-19-11-4-12-20-26;/h1-21H,22H2;/q-1;. The quantitative estimate of drug-likeness (QED) is 0.202. The molecule has 0 N–H and O–H groups in total. The van der Waals surface area contributed by atoms with Crippen molar-refractivity contribution in [1.82, 2.24) is 0 Å². The summed E-state index contributed by atoms with van der Waals surface area (Å²) in [7, 11) is -0.876. The normalized spacial score (nSPS) is 10.7. The van der Waals surface area contributed by atoms with Crippen LogP contribution in [-0.4, -0.2) is 6.16 Å². The summed E-state index contributed by atoms with van der Waals surface area (Å²) in [5, 5.41) is 5.71. The molecule has 0 amide bonds. The number of hydrogen-bond donors (Lipinski definition) is 0. The maximum Gasteiger partial charge on any atom is 0 e. The van der Waals surface area contributed by atoms with Crippen LogP contribution in [-0.2, 0) is 21.1 Å². The molecule has 0 spiro atoms. The van der Waals surface area contributed by atoms with Crippen molar-refractivity contribution in [3.8, 4) is 0 Å². The second-order valence-electron chi connectivity index (χ2n) is 6.51. The van der Waals surface area contributed by atoms with E-state index in [1.54, 1.807) is 0 Å². The third kappa shape index (κ3) is 5.96. The van der Waals surface area contributed by atoms with Crippen molar-refractivity contribution in [3.63, 3.8) is 0 Å². The molecule has 0 saturated heterocycles. The van der Waals surface area contributed by atoms with Crippen LogP contribution < -0.4 is 21.2 Å². The van der Waals surface area contributed by atoms with Crippen LogP contribution in [0.1, 0.15) is 0 Å². The van der Waals surface area contributed by atoms with E-state index in [0.717, 1.165) is 6.16 Å². The van der Waals surface area contributed by atoms with Gasteiger partial charge in [0.2, 0.25) is 0 Å². The molecule has 0 saturated carbocycles. The van der Waals surface area contributed by atoms with Crippen molar-refractivity contribution >= 4 is 37.1 Å². The van der Waals surface area contributed by atoms with Crippen LogP contribution in [0.2, 0.25) is 0 Å². The van der Waals surface area contributed by atoms with Gasteiger partial charge in [-0.3, -0.25) is 6.16 Å². The zero-order valence-corrected chi connectivity index (χ0v) is 20.9. The van der Waals surface area contributed by atoms with Gasteiger partial charge >= 0.3 is 0 Å². The Balaban J connectivity index is 0.00000240. The maximum absolute atomic E-state index is 2.58. The molecule has 0 heterocycles. The molecule has 0 atom stereocenters. The summed E-state index contributed by atoms with van der Waals surface area (Å²) >= 11 is 0. The van der Waals surface area contributed by atoms with Gasteiger partial charge in [-0.2, -0.15) is 0 Å². The topological polar surface area (TPSA) is 0 Å². The molecule has 0 aliphatic carbocycles. The monoisotopic (exact) mass is 581 g/mol. The van der Waals surface area contributed by atoms with Gasteiger partial charge < -0.3 is 0 Å². The predicted molar refractivity (Wildman–Crippen MR) is 127 cm³/mol. The van der Waals surface area contributed by atoms with Crippen molar-refractivity contribution in [3.05, 3.63) is 127 Å². The zero-order chi connectivity index (χ0) is 19.0. The van der Waals surface area contributed by atoms with E-state index >= 15 is 0 Å². The van der Waals surface area contributed by atoms with Crippen LogP contribution in [0.5, 0.6) is 0 Å². The van der Waals surface area contributed by atoms with Crippen LogP contribution in [0.25, 0.3) is 0 Å². The minimum absolute atomic E-state index is 0. The molecule has 0 nitrogen and oxygen atoms in total. The molecular weight excluding hydrogens is 558 g/mol. The maximum atomic E-state index is 2.58. The zero-order valence-electron chi connectivity index (χ0n) is 16.1. The molecule has 0 bridgehead atoms. The Bertz CT molecular complexity index is 798. The first-order chi connectivity index (χ1) is 13.9. The van der Waals surface area contributed by atoms with E-state index < -0.39 is 15.8 Å². The molecule has 4 aromatic rings. The Morgan fingerprint density at radius 1 is 0.448 bits per heavy atom. The average Bonchev–Trinajstić information content (AvgIpc) is 2.79. The van der Waals surface area contributed by atoms with Gasteiger partial charge in [-0.15, -0.1) is 6.16 Å². The Morgan fingerprint density at radius 3 is 1.10 bits per heavy atom. The third-order valence-electron chi connectivity index (χ3n) is 4.65. The van der Waals surface area contributed by atoms with Gasteiger partial charge in [-0.05, 0) is 10.6 Å². The summed E-state index contributed by atoms with van der Waals surface area (Å²) in [6.07, 6.45) is 3.66. The number of benzene rings is 4. The van der Waals surface area contributed by atoms with E-state index in [-0.39, 0.29) is 21.1 Å². The van der Waals surface area contributed by atoms with Gasteiger partial charge in [-0.1, -0.05) is 140 Å². The third-order valence-corrected chi connectivity index (χ3v) is 9.59. The van der Waals surface area contributed by atoms with Crippen LogP contribution >= 0.6 is 15.8 Å². The van der Waals surface area contributed by atoms with E-state index in [9.17, 15) is 0 Å². The smallest absolute Gasteiger partial charge is 0 e. The first kappa shape index (κ1) is 22.1. The molecule has 0 aliphatic rings. The van der Waals surface area contributed by atoms with Gasteiger partial charge in [0.25, 0.3) is 0 Å². The molecule has 0 unspecified atom stereocenters. The Labute approximate surface area is 191 Å². The van der Waals surface area contributed by atoms with Crippen molar-refractivity contribution < 1.29 is 21.1 Å². The van der Waals surface area contributed by atoms with E-state index in [4.69, 9.17) is 0 Å². The molecule has 0 aliphatic heterocycles. The minimum Gasteiger partial charge on any atom is -0.289 e. The van der Waals surface area contributed by atoms with Crippen molar-refractivity contribution in [2.75, 3.05) is 6.16 Å². The molecule has 0 aromatic heterocycles. The fourth-order valence-electron chi connectivity index (χ4n) is 3.28. The summed E-state index contributed by atoms with van der Waals surface area (Å²) in [5.74, 6) is 0. The van der Waals surface area contributed by atoms with Gasteiger partial charge in [0.05, 0.1) is 0 Å². The molecule has 3 heteroatoms. The molecular formula is C26H23P2W-. The van der Waals surface area contributed by atoms with E-state index in [1.807, 2.05) is 0 Å². The Morgan fingerprint density at radius 2 is 0.759 bits per heavy atom. The van der Waals surface area contributed by atoms with E-state index in [0.29, 0.717) is 0 Å². The second kappa shape index (κ2) is 11.6. The van der Waals surface area contributed by atoms with Crippen molar-refractivity contribution in [2.45, 2.75) is 0 Å². The SMILES string of the molecule is [W].c1ccc(P([CH-]CP(c2ccccc2)c2ccccc2)c2ccccc2)cc1. The van der Waals surface area contributed by atoms with E-state index in [1.165, 1.54) is 21.2 Å². The molecule has 4 aromatic carbocycles. The van der Waals surface area contributed by atoms with Crippen LogP contribution in [0.3, 0.4) is 0 Å². The van der Waals surface area contributed by atoms with Crippen molar-refractivity contribution in [1.29, 1.82) is 0 Å². The van der Waals surface area contributed by atoms with Crippen LogP contribution in [0.15, 0.2) is 121 Å². The number of hydrogen-bond acceptors (Lipinski definition) is 0. The summed E-state index contributed by atoms with van der Waals surface area (Å²) in [4.78, 5) is 0. The summed E-state index contributed by atoms with van der Waals surface area (Å²) in [6, 6.07) is 43.8. The molecule has 0 radical (unpaired) electrons. The summed E-state index contributed by atoms with van der Waals surface area (Å²) in [6.45, 7) is 0. The first-order valence-corrected chi connectivity index (χ1v) is 12.5. The fraction of sp³-hybridized carbons (Fsp3) is 0.0385. The molecule has 29 heavy (non-hydrogen) atoms. The van der Waals surface area contributed by atoms with Gasteiger partial charge in [-0.25, -0.2) is 7.92 Å². The second-order valence-corrected chi connectivity index (χ2v) is 10.9. The Hall–Kier alpha value is -1.57. The first-order valence-electron chi connectivity index (χ1n) is 9.52. The van der Waals surface area contributed by atoms with E-state index in [2.05, 4.69) is 127 Å². The van der Waals surface area contributed by atoms with Crippen molar-refractivity contribution in [2.24, 2.45) is 0 Å². The van der Waals surface area contributed by atoms with Gasteiger partial charge in [0, 0.05) is 21.1 Å². The fourth-order valence-corrected chi connectivity index (χ4v) is 8.07. The largest absolute Gasteiger partial charge is 0.289 e. The molecule has 0 fully saturated rings. The van der Waals surface area contributed by atoms with Gasteiger partial charge in [0.1, 0.15) is 0 Å².